The minimum Gasteiger partial charge on any atom is -0.389 e. The Kier molecular flexibility index (Phi) is 4.73. The summed E-state index contributed by atoms with van der Waals surface area (Å²) in [5.74, 6) is -0.327. The zero-order valence-electron chi connectivity index (χ0n) is 12.2. The number of aliphatic hydroxyl groups is 1. The fourth-order valence-electron chi connectivity index (χ4n) is 2.66. The Morgan fingerprint density at radius 3 is 2.50 bits per heavy atom. The summed E-state index contributed by atoms with van der Waals surface area (Å²) in [4.78, 5) is 0. The Morgan fingerprint density at radius 1 is 1.25 bits per heavy atom. The molecule has 0 amide bonds. The van der Waals surface area contributed by atoms with E-state index in [1.807, 2.05) is 0 Å². The molecule has 0 radical (unpaired) electrons. The molecule has 2 N–H and O–H groups in total. The van der Waals surface area contributed by atoms with Gasteiger partial charge in [-0.25, -0.2) is 4.39 Å². The molecule has 0 spiro atoms. The van der Waals surface area contributed by atoms with E-state index >= 15 is 0 Å². The van der Waals surface area contributed by atoms with Gasteiger partial charge in [-0.1, -0.05) is 31.5 Å². The fourth-order valence-corrected chi connectivity index (χ4v) is 2.90. The lowest BCUT2D eigenvalue weighted by molar-refractivity contribution is -0.0245. The maximum absolute atomic E-state index is 12.9. The Morgan fingerprint density at radius 2 is 1.90 bits per heavy atom. The van der Waals surface area contributed by atoms with Crippen molar-refractivity contribution in [1.82, 2.24) is 5.32 Å². The van der Waals surface area contributed by atoms with Crippen LogP contribution in [0.4, 0.5) is 4.39 Å². The van der Waals surface area contributed by atoms with Crippen molar-refractivity contribution in [3.05, 3.63) is 34.6 Å². The maximum Gasteiger partial charge on any atom is 0.124 e. The Bertz CT molecular complexity index is 466. The van der Waals surface area contributed by atoms with Gasteiger partial charge >= 0.3 is 0 Å². The summed E-state index contributed by atoms with van der Waals surface area (Å²) in [6.07, 6.45) is 3.74. The molecule has 0 aromatic heterocycles. The third kappa shape index (κ3) is 4.18. The number of hydrogen-bond acceptors (Lipinski definition) is 2. The molecule has 0 unspecified atom stereocenters. The zero-order valence-corrected chi connectivity index (χ0v) is 12.9. The van der Waals surface area contributed by atoms with Crippen LogP contribution in [0, 0.1) is 11.2 Å². The quantitative estimate of drug-likeness (QED) is 0.884. The number of rotatable bonds is 4. The highest BCUT2D eigenvalue weighted by molar-refractivity contribution is 6.31. The normalized spacial score (nSPS) is 20.9. The predicted octanol–water partition coefficient (Wildman–Crippen LogP) is 3.90. The van der Waals surface area contributed by atoms with Crippen molar-refractivity contribution in [3.8, 4) is 0 Å². The average Bonchev–Trinajstić information content (AvgIpc) is 2.37. The highest BCUT2D eigenvalue weighted by Crippen LogP contribution is 2.39. The molecule has 1 aromatic rings. The predicted molar refractivity (Wildman–Crippen MR) is 80.3 cm³/mol. The summed E-state index contributed by atoms with van der Waals surface area (Å²) >= 11 is 5.98. The first-order valence-corrected chi connectivity index (χ1v) is 7.55. The number of benzene rings is 1. The molecule has 0 aliphatic heterocycles. The van der Waals surface area contributed by atoms with Crippen molar-refractivity contribution in [3.63, 3.8) is 0 Å². The molecule has 1 aromatic carbocycles. The van der Waals surface area contributed by atoms with E-state index in [4.69, 9.17) is 11.6 Å². The van der Waals surface area contributed by atoms with Crippen molar-refractivity contribution >= 4 is 11.6 Å². The minimum atomic E-state index is -0.623. The van der Waals surface area contributed by atoms with Gasteiger partial charge in [0.1, 0.15) is 5.82 Å². The van der Waals surface area contributed by atoms with Crippen molar-refractivity contribution < 1.29 is 9.50 Å². The maximum atomic E-state index is 12.9. The Hall–Kier alpha value is -0.640. The molecule has 20 heavy (non-hydrogen) atoms. The summed E-state index contributed by atoms with van der Waals surface area (Å²) in [7, 11) is 0. The van der Waals surface area contributed by atoms with Crippen LogP contribution in [0.25, 0.3) is 0 Å². The lowest BCUT2D eigenvalue weighted by Gasteiger charge is -2.40. The summed E-state index contributed by atoms with van der Waals surface area (Å²) in [6.45, 7) is 5.60. The number of hydrogen-bond donors (Lipinski definition) is 2. The molecule has 4 heteroatoms. The van der Waals surface area contributed by atoms with Gasteiger partial charge in [0.25, 0.3) is 0 Å². The molecule has 0 saturated heterocycles. The van der Waals surface area contributed by atoms with Crippen LogP contribution in [0.1, 0.15) is 45.1 Å². The Labute approximate surface area is 125 Å². The summed E-state index contributed by atoms with van der Waals surface area (Å²) in [5, 5.41) is 14.2. The van der Waals surface area contributed by atoms with Gasteiger partial charge in [-0.15, -0.1) is 0 Å². The zero-order chi connectivity index (χ0) is 14.8. The lowest BCUT2D eigenvalue weighted by atomic mass is 9.71. The lowest BCUT2D eigenvalue weighted by Crippen LogP contribution is -2.44. The number of nitrogens with one attached hydrogen (secondary N) is 1. The third-order valence-corrected chi connectivity index (χ3v) is 4.67. The molecule has 1 saturated carbocycles. The highest BCUT2D eigenvalue weighted by atomic mass is 35.5. The van der Waals surface area contributed by atoms with Crippen molar-refractivity contribution in [2.45, 2.75) is 51.7 Å². The molecule has 0 bridgehead atoms. The molecule has 1 aliphatic rings. The molecule has 2 nitrogen and oxygen atoms in total. The van der Waals surface area contributed by atoms with E-state index in [1.165, 1.54) is 12.1 Å². The van der Waals surface area contributed by atoms with E-state index in [2.05, 4.69) is 19.2 Å². The van der Waals surface area contributed by atoms with E-state index in [9.17, 15) is 9.50 Å². The van der Waals surface area contributed by atoms with E-state index in [0.717, 1.165) is 31.2 Å². The second kappa shape index (κ2) is 6.00. The van der Waals surface area contributed by atoms with E-state index in [-0.39, 0.29) is 5.82 Å². The fraction of sp³-hybridized carbons (Fsp3) is 0.625. The van der Waals surface area contributed by atoms with Crippen LogP contribution >= 0.6 is 11.6 Å². The molecule has 112 valence electrons. The summed E-state index contributed by atoms with van der Waals surface area (Å²) in [6, 6.07) is 4.40. The Balaban J connectivity index is 1.84. The van der Waals surface area contributed by atoms with Crippen LogP contribution in [0.3, 0.4) is 0 Å². The first kappa shape index (κ1) is 15.7. The van der Waals surface area contributed by atoms with Crippen LogP contribution in [0.2, 0.25) is 5.02 Å². The van der Waals surface area contributed by atoms with Gasteiger partial charge in [0.15, 0.2) is 0 Å². The van der Waals surface area contributed by atoms with Crippen LogP contribution < -0.4 is 5.32 Å². The monoisotopic (exact) mass is 299 g/mol. The van der Waals surface area contributed by atoms with Gasteiger partial charge in [-0.3, -0.25) is 0 Å². The van der Waals surface area contributed by atoms with Gasteiger partial charge in [0.05, 0.1) is 5.60 Å². The standard InChI is InChI=1S/C16H23ClFNO/c1-15(2)5-7-16(20,8-6-15)11-19-10-12-3-4-13(18)9-14(12)17/h3-4,9,19-20H,5-8,10-11H2,1-2H3. The highest BCUT2D eigenvalue weighted by Gasteiger charge is 2.36. The molecule has 0 atom stereocenters. The minimum absolute atomic E-state index is 0.327. The third-order valence-electron chi connectivity index (χ3n) is 4.32. The van der Waals surface area contributed by atoms with Crippen LogP contribution in [-0.4, -0.2) is 17.3 Å². The largest absolute Gasteiger partial charge is 0.389 e. The first-order chi connectivity index (χ1) is 9.30. The van der Waals surface area contributed by atoms with Crippen LogP contribution in [-0.2, 0) is 6.54 Å². The van der Waals surface area contributed by atoms with Crippen LogP contribution in [0.5, 0.6) is 0 Å². The van der Waals surface area contributed by atoms with Gasteiger partial charge in [0.2, 0.25) is 0 Å². The van der Waals surface area contributed by atoms with Crippen LogP contribution in [0.15, 0.2) is 18.2 Å². The molecular formula is C16H23ClFNO. The molecule has 1 fully saturated rings. The second-order valence-corrected chi connectivity index (χ2v) is 7.14. The van der Waals surface area contributed by atoms with Gasteiger partial charge < -0.3 is 10.4 Å². The molecule has 2 rings (SSSR count). The van der Waals surface area contributed by atoms with E-state index in [1.54, 1.807) is 6.07 Å². The number of halogens is 2. The van der Waals surface area contributed by atoms with Crippen molar-refractivity contribution in [1.29, 1.82) is 0 Å². The summed E-state index contributed by atoms with van der Waals surface area (Å²) < 4.78 is 12.9. The second-order valence-electron chi connectivity index (χ2n) is 6.73. The van der Waals surface area contributed by atoms with Crippen molar-refractivity contribution in [2.24, 2.45) is 5.41 Å². The van der Waals surface area contributed by atoms with Crippen molar-refractivity contribution in [2.75, 3.05) is 6.54 Å². The SMILES string of the molecule is CC1(C)CCC(O)(CNCc2ccc(F)cc2Cl)CC1. The van der Waals surface area contributed by atoms with E-state index in [0.29, 0.717) is 23.5 Å². The average molecular weight is 300 g/mol. The van der Waals surface area contributed by atoms with Gasteiger partial charge in [0, 0.05) is 18.1 Å². The van der Waals surface area contributed by atoms with E-state index < -0.39 is 5.60 Å². The molecule has 1 aliphatic carbocycles. The van der Waals surface area contributed by atoms with Gasteiger partial charge in [-0.05, 0) is 48.8 Å². The topological polar surface area (TPSA) is 32.3 Å². The van der Waals surface area contributed by atoms with Gasteiger partial charge in [-0.2, -0.15) is 0 Å². The first-order valence-electron chi connectivity index (χ1n) is 7.17. The smallest absolute Gasteiger partial charge is 0.124 e. The molecule has 0 heterocycles. The molecular weight excluding hydrogens is 277 g/mol. The summed E-state index contributed by atoms with van der Waals surface area (Å²) in [5.41, 5.74) is 0.571.